The van der Waals surface area contributed by atoms with Gasteiger partial charge in [0, 0.05) is 36.2 Å². The molecular formula is C18H20N2O. The molecule has 3 nitrogen and oxygen atoms in total. The Balaban J connectivity index is 1.87. The molecule has 0 spiro atoms. The number of hydrogen-bond acceptors (Lipinski definition) is 1. The molecule has 0 aliphatic carbocycles. The number of benzene rings is 1. The number of likely N-dealkylation sites (tertiary alicyclic amines) is 1. The fourth-order valence-electron chi connectivity index (χ4n) is 2.73. The summed E-state index contributed by atoms with van der Waals surface area (Å²) in [6.07, 6.45) is 4.75. The van der Waals surface area contributed by atoms with Crippen LogP contribution in [0.2, 0.25) is 0 Å². The van der Waals surface area contributed by atoms with Gasteiger partial charge in [-0.05, 0) is 50.1 Å². The molecule has 1 saturated heterocycles. The summed E-state index contributed by atoms with van der Waals surface area (Å²) in [5.74, 6) is 0.116. The van der Waals surface area contributed by atoms with Crippen LogP contribution in [-0.4, -0.2) is 28.5 Å². The van der Waals surface area contributed by atoms with Gasteiger partial charge in [-0.25, -0.2) is 0 Å². The van der Waals surface area contributed by atoms with Crippen molar-refractivity contribution in [2.45, 2.75) is 20.3 Å². The Labute approximate surface area is 125 Å². The second-order valence-corrected chi connectivity index (χ2v) is 5.51. The van der Waals surface area contributed by atoms with E-state index in [-0.39, 0.29) is 5.91 Å². The molecule has 0 bridgehead atoms. The number of amides is 1. The average molecular weight is 280 g/mol. The zero-order chi connectivity index (χ0) is 14.8. The number of carbonyl (C=O) groups is 1. The van der Waals surface area contributed by atoms with E-state index in [0.717, 1.165) is 36.5 Å². The Morgan fingerprint density at radius 3 is 2.48 bits per heavy atom. The summed E-state index contributed by atoms with van der Waals surface area (Å²) in [6, 6.07) is 12.4. The van der Waals surface area contributed by atoms with Crippen LogP contribution in [0.3, 0.4) is 0 Å². The molecule has 108 valence electrons. The van der Waals surface area contributed by atoms with Crippen molar-refractivity contribution in [1.82, 2.24) is 9.47 Å². The van der Waals surface area contributed by atoms with Crippen LogP contribution in [0.15, 0.2) is 42.5 Å². The Kier molecular flexibility index (Phi) is 3.65. The first kappa shape index (κ1) is 13.7. The Bertz CT molecular complexity index is 679. The number of carbonyl (C=O) groups excluding carboxylic acids is 1. The summed E-state index contributed by atoms with van der Waals surface area (Å²) in [5.41, 5.74) is 4.59. The maximum absolute atomic E-state index is 11.9. The lowest BCUT2D eigenvalue weighted by molar-refractivity contribution is -0.129. The molecule has 1 amide bonds. The van der Waals surface area contributed by atoms with Crippen molar-refractivity contribution in [2.24, 2.45) is 0 Å². The fourth-order valence-corrected chi connectivity index (χ4v) is 2.73. The maximum atomic E-state index is 11.9. The highest BCUT2D eigenvalue weighted by molar-refractivity contribution is 5.92. The molecule has 1 aromatic carbocycles. The standard InChI is InChI=1S/C18H20N2O/c1-14-13-16(9-10-18(21)19-11-6-12-19)15(2)20(14)17-7-4-3-5-8-17/h3-5,7-10,13H,6,11-12H2,1-2H3/b10-9+. The van der Waals surface area contributed by atoms with Gasteiger partial charge in [-0.1, -0.05) is 18.2 Å². The Hall–Kier alpha value is -2.29. The first-order chi connectivity index (χ1) is 10.2. The number of para-hydroxylation sites is 1. The third kappa shape index (κ3) is 2.64. The number of rotatable bonds is 3. The number of hydrogen-bond donors (Lipinski definition) is 0. The fraction of sp³-hybridized carbons (Fsp3) is 0.278. The van der Waals surface area contributed by atoms with Crippen molar-refractivity contribution in [1.29, 1.82) is 0 Å². The first-order valence-electron chi connectivity index (χ1n) is 7.38. The van der Waals surface area contributed by atoms with Crippen LogP contribution in [0.1, 0.15) is 23.4 Å². The monoisotopic (exact) mass is 280 g/mol. The van der Waals surface area contributed by atoms with E-state index in [0.29, 0.717) is 0 Å². The summed E-state index contributed by atoms with van der Waals surface area (Å²) in [6.45, 7) is 5.97. The molecule has 0 atom stereocenters. The predicted molar refractivity (Wildman–Crippen MR) is 85.5 cm³/mol. The largest absolute Gasteiger partial charge is 0.339 e. The summed E-state index contributed by atoms with van der Waals surface area (Å²) >= 11 is 0. The highest BCUT2D eigenvalue weighted by atomic mass is 16.2. The van der Waals surface area contributed by atoms with Gasteiger partial charge in [0.1, 0.15) is 0 Å². The van der Waals surface area contributed by atoms with Gasteiger partial charge in [-0.3, -0.25) is 4.79 Å². The summed E-state index contributed by atoms with van der Waals surface area (Å²) in [5, 5.41) is 0. The van der Waals surface area contributed by atoms with Gasteiger partial charge in [0.25, 0.3) is 0 Å². The minimum Gasteiger partial charge on any atom is -0.339 e. The Morgan fingerprint density at radius 2 is 1.86 bits per heavy atom. The van der Waals surface area contributed by atoms with Gasteiger partial charge >= 0.3 is 0 Å². The lowest BCUT2D eigenvalue weighted by Gasteiger charge is -2.29. The van der Waals surface area contributed by atoms with Gasteiger partial charge in [0.05, 0.1) is 0 Å². The van der Waals surface area contributed by atoms with Crippen LogP contribution in [0.5, 0.6) is 0 Å². The van der Waals surface area contributed by atoms with Crippen LogP contribution in [-0.2, 0) is 4.79 Å². The molecule has 1 aromatic heterocycles. The molecule has 21 heavy (non-hydrogen) atoms. The van der Waals surface area contributed by atoms with E-state index >= 15 is 0 Å². The maximum Gasteiger partial charge on any atom is 0.246 e. The third-order valence-electron chi connectivity index (χ3n) is 4.06. The lowest BCUT2D eigenvalue weighted by Crippen LogP contribution is -2.40. The molecule has 2 aromatic rings. The van der Waals surface area contributed by atoms with E-state index in [2.05, 4.69) is 36.6 Å². The highest BCUT2D eigenvalue weighted by Crippen LogP contribution is 2.21. The van der Waals surface area contributed by atoms with Crippen molar-refractivity contribution in [3.05, 3.63) is 59.4 Å². The second-order valence-electron chi connectivity index (χ2n) is 5.51. The molecule has 1 aliphatic heterocycles. The number of aryl methyl sites for hydroxylation is 1. The zero-order valence-corrected chi connectivity index (χ0v) is 12.5. The van der Waals surface area contributed by atoms with Crippen molar-refractivity contribution in [3.63, 3.8) is 0 Å². The predicted octanol–water partition coefficient (Wildman–Crippen LogP) is 3.34. The van der Waals surface area contributed by atoms with Gasteiger partial charge in [0.2, 0.25) is 5.91 Å². The van der Waals surface area contributed by atoms with E-state index in [1.54, 1.807) is 6.08 Å². The van der Waals surface area contributed by atoms with Gasteiger partial charge in [-0.15, -0.1) is 0 Å². The summed E-state index contributed by atoms with van der Waals surface area (Å²) in [7, 11) is 0. The van der Waals surface area contributed by atoms with Crippen LogP contribution in [0.4, 0.5) is 0 Å². The molecule has 0 saturated carbocycles. The smallest absolute Gasteiger partial charge is 0.246 e. The van der Waals surface area contributed by atoms with E-state index in [1.807, 2.05) is 29.2 Å². The molecule has 3 heteroatoms. The molecule has 3 rings (SSSR count). The zero-order valence-electron chi connectivity index (χ0n) is 12.5. The molecule has 0 radical (unpaired) electrons. The molecule has 1 aliphatic rings. The molecule has 0 N–H and O–H groups in total. The first-order valence-corrected chi connectivity index (χ1v) is 7.38. The lowest BCUT2D eigenvalue weighted by atomic mass is 10.2. The third-order valence-corrected chi connectivity index (χ3v) is 4.06. The number of nitrogens with zero attached hydrogens (tertiary/aromatic N) is 2. The molecule has 0 unspecified atom stereocenters. The van der Waals surface area contributed by atoms with Gasteiger partial charge in [0.15, 0.2) is 0 Å². The molecule has 2 heterocycles. The second kappa shape index (κ2) is 5.60. The quantitative estimate of drug-likeness (QED) is 0.792. The average Bonchev–Trinajstić information content (AvgIpc) is 2.70. The summed E-state index contributed by atoms with van der Waals surface area (Å²) in [4.78, 5) is 13.8. The van der Waals surface area contributed by atoms with Crippen LogP contribution >= 0.6 is 0 Å². The van der Waals surface area contributed by atoms with Crippen molar-refractivity contribution >= 4 is 12.0 Å². The topological polar surface area (TPSA) is 25.2 Å². The van der Waals surface area contributed by atoms with Crippen LogP contribution in [0.25, 0.3) is 11.8 Å². The van der Waals surface area contributed by atoms with E-state index in [1.165, 1.54) is 5.69 Å². The van der Waals surface area contributed by atoms with Crippen molar-refractivity contribution in [2.75, 3.05) is 13.1 Å². The van der Waals surface area contributed by atoms with Gasteiger partial charge < -0.3 is 9.47 Å². The normalized spacial score (nSPS) is 14.5. The SMILES string of the molecule is Cc1cc(/C=C/C(=O)N2CCC2)c(C)n1-c1ccccc1. The minimum atomic E-state index is 0.116. The van der Waals surface area contributed by atoms with Crippen LogP contribution in [0, 0.1) is 13.8 Å². The summed E-state index contributed by atoms with van der Waals surface area (Å²) < 4.78 is 2.22. The minimum absolute atomic E-state index is 0.116. The van der Waals surface area contributed by atoms with Crippen LogP contribution < -0.4 is 0 Å². The van der Waals surface area contributed by atoms with Crippen molar-refractivity contribution < 1.29 is 4.79 Å². The van der Waals surface area contributed by atoms with Gasteiger partial charge in [-0.2, -0.15) is 0 Å². The van der Waals surface area contributed by atoms with E-state index in [4.69, 9.17) is 0 Å². The molecular weight excluding hydrogens is 260 g/mol. The Morgan fingerprint density at radius 1 is 1.14 bits per heavy atom. The van der Waals surface area contributed by atoms with E-state index in [9.17, 15) is 4.79 Å². The van der Waals surface area contributed by atoms with Crippen molar-refractivity contribution in [3.8, 4) is 5.69 Å². The number of aromatic nitrogens is 1. The highest BCUT2D eigenvalue weighted by Gasteiger charge is 2.17. The molecule has 1 fully saturated rings. The van der Waals surface area contributed by atoms with E-state index < -0.39 is 0 Å².